The summed E-state index contributed by atoms with van der Waals surface area (Å²) < 4.78 is 6.74. The molecule has 122 valence electrons. The summed E-state index contributed by atoms with van der Waals surface area (Å²) in [5, 5.41) is 0.727. The molecule has 1 heterocycles. The summed E-state index contributed by atoms with van der Waals surface area (Å²) >= 11 is 6.27. The molecule has 0 aliphatic carbocycles. The van der Waals surface area contributed by atoms with E-state index in [0.717, 1.165) is 41.4 Å². The highest BCUT2D eigenvalue weighted by atomic mass is 35.5. The number of halogens is 1. The first-order valence-corrected chi connectivity index (χ1v) is 8.07. The van der Waals surface area contributed by atoms with Gasteiger partial charge in [0.2, 0.25) is 0 Å². The van der Waals surface area contributed by atoms with E-state index in [1.54, 1.807) is 12.3 Å². The third-order valence-corrected chi connectivity index (χ3v) is 3.97. The van der Waals surface area contributed by atoms with Crippen molar-refractivity contribution in [2.24, 2.45) is 0 Å². The molecule has 0 aliphatic heterocycles. The van der Waals surface area contributed by atoms with E-state index in [9.17, 15) is 4.79 Å². The van der Waals surface area contributed by atoms with Crippen LogP contribution in [-0.2, 0) is 22.5 Å². The molecule has 0 atom stereocenters. The van der Waals surface area contributed by atoms with Gasteiger partial charge in [0.05, 0.1) is 25.5 Å². The van der Waals surface area contributed by atoms with Crippen molar-refractivity contribution in [1.29, 1.82) is 0 Å². The number of aryl methyl sites for hydroxylation is 1. The molecular formula is C18H21ClN2O2. The highest BCUT2D eigenvalue weighted by molar-refractivity contribution is 6.31. The lowest BCUT2D eigenvalue weighted by Gasteiger charge is -2.11. The molecule has 23 heavy (non-hydrogen) atoms. The zero-order chi connectivity index (χ0) is 16.7. The summed E-state index contributed by atoms with van der Waals surface area (Å²) in [7, 11) is 1.36. The van der Waals surface area contributed by atoms with Gasteiger partial charge in [-0.25, -0.2) is 9.78 Å². The van der Waals surface area contributed by atoms with E-state index in [1.807, 2.05) is 24.3 Å². The second-order valence-electron chi connectivity index (χ2n) is 5.24. The molecule has 0 radical (unpaired) electrons. The molecule has 0 amide bonds. The number of aromatic nitrogens is 2. The Labute approximate surface area is 141 Å². The van der Waals surface area contributed by atoms with Gasteiger partial charge in [0.1, 0.15) is 5.82 Å². The minimum Gasteiger partial charge on any atom is -0.466 e. The summed E-state index contributed by atoms with van der Waals surface area (Å²) in [4.78, 5) is 15.8. The fourth-order valence-corrected chi connectivity index (χ4v) is 2.49. The quantitative estimate of drug-likeness (QED) is 0.566. The van der Waals surface area contributed by atoms with Crippen LogP contribution in [0.5, 0.6) is 0 Å². The fourth-order valence-electron chi connectivity index (χ4n) is 2.30. The number of hydrogen-bond donors (Lipinski definition) is 0. The van der Waals surface area contributed by atoms with E-state index in [0.29, 0.717) is 6.54 Å². The maximum atomic E-state index is 11.3. The summed E-state index contributed by atoms with van der Waals surface area (Å²) in [5.41, 5.74) is 1.89. The lowest BCUT2D eigenvalue weighted by molar-refractivity contribution is -0.134. The Morgan fingerprint density at radius 3 is 2.87 bits per heavy atom. The van der Waals surface area contributed by atoms with Gasteiger partial charge in [-0.2, -0.15) is 0 Å². The van der Waals surface area contributed by atoms with Gasteiger partial charge in [-0.15, -0.1) is 0 Å². The van der Waals surface area contributed by atoms with Crippen molar-refractivity contribution in [3.63, 3.8) is 0 Å². The number of nitrogens with zero attached hydrogens (tertiary/aromatic N) is 2. The number of imidazole rings is 1. The lowest BCUT2D eigenvalue weighted by Crippen LogP contribution is -2.08. The van der Waals surface area contributed by atoms with Crippen molar-refractivity contribution < 1.29 is 9.53 Å². The molecule has 2 rings (SSSR count). The van der Waals surface area contributed by atoms with Crippen molar-refractivity contribution in [3.05, 3.63) is 58.6 Å². The van der Waals surface area contributed by atoms with Crippen LogP contribution in [0.25, 0.3) is 6.08 Å². The predicted molar refractivity (Wildman–Crippen MR) is 92.4 cm³/mol. The average Bonchev–Trinajstić information content (AvgIpc) is 2.94. The van der Waals surface area contributed by atoms with Crippen LogP contribution in [0, 0.1) is 0 Å². The van der Waals surface area contributed by atoms with Gasteiger partial charge in [-0.1, -0.05) is 43.1 Å². The number of carbonyl (C=O) groups is 1. The molecule has 0 saturated heterocycles. The molecule has 5 heteroatoms. The van der Waals surface area contributed by atoms with Gasteiger partial charge in [0.15, 0.2) is 0 Å². The summed E-state index contributed by atoms with van der Waals surface area (Å²) in [6.45, 7) is 2.78. The van der Waals surface area contributed by atoms with Crippen molar-refractivity contribution in [3.8, 4) is 0 Å². The van der Waals surface area contributed by atoms with Crippen molar-refractivity contribution >= 4 is 23.6 Å². The number of hydrogen-bond acceptors (Lipinski definition) is 3. The first-order valence-electron chi connectivity index (χ1n) is 7.69. The highest BCUT2D eigenvalue weighted by Gasteiger charge is 2.10. The molecule has 2 aromatic rings. The van der Waals surface area contributed by atoms with E-state index in [-0.39, 0.29) is 5.97 Å². The average molecular weight is 333 g/mol. The predicted octanol–water partition coefficient (Wildman–Crippen LogP) is 4.11. The van der Waals surface area contributed by atoms with Crippen molar-refractivity contribution in [2.45, 2.75) is 32.7 Å². The van der Waals surface area contributed by atoms with Crippen LogP contribution >= 0.6 is 11.6 Å². The van der Waals surface area contributed by atoms with Crippen molar-refractivity contribution in [1.82, 2.24) is 9.55 Å². The van der Waals surface area contributed by atoms with E-state index in [2.05, 4.69) is 21.2 Å². The molecule has 0 unspecified atom stereocenters. The molecule has 0 N–H and O–H groups in total. The number of benzene rings is 1. The maximum Gasteiger partial charge on any atom is 0.330 e. The first kappa shape index (κ1) is 17.3. The van der Waals surface area contributed by atoms with Gasteiger partial charge in [-0.3, -0.25) is 0 Å². The summed E-state index contributed by atoms with van der Waals surface area (Å²) in [5.74, 6) is 0.613. The van der Waals surface area contributed by atoms with E-state index in [4.69, 9.17) is 11.6 Å². The normalized spacial score (nSPS) is 11.1. The zero-order valence-electron chi connectivity index (χ0n) is 13.5. The van der Waals surface area contributed by atoms with Gasteiger partial charge in [0, 0.05) is 17.5 Å². The van der Waals surface area contributed by atoms with Crippen LogP contribution in [0.4, 0.5) is 0 Å². The molecular weight excluding hydrogens is 312 g/mol. The molecule has 4 nitrogen and oxygen atoms in total. The first-order chi connectivity index (χ1) is 11.2. The SMILES string of the molecule is CCCCc1ncc(C=CC(=O)OC)n1Cc1ccccc1Cl. The Hall–Kier alpha value is -2.07. The zero-order valence-corrected chi connectivity index (χ0v) is 14.2. The molecule has 0 fully saturated rings. The smallest absolute Gasteiger partial charge is 0.330 e. The monoisotopic (exact) mass is 332 g/mol. The molecule has 0 spiro atoms. The number of carbonyl (C=O) groups excluding carboxylic acids is 1. The molecule has 0 aliphatic rings. The Balaban J connectivity index is 2.32. The Morgan fingerprint density at radius 2 is 2.17 bits per heavy atom. The second kappa shape index (κ2) is 8.53. The minimum atomic E-state index is -0.384. The topological polar surface area (TPSA) is 44.1 Å². The van der Waals surface area contributed by atoms with Gasteiger partial charge < -0.3 is 9.30 Å². The maximum absolute atomic E-state index is 11.3. The van der Waals surface area contributed by atoms with Gasteiger partial charge >= 0.3 is 5.97 Å². The Bertz CT molecular complexity index is 692. The third-order valence-electron chi connectivity index (χ3n) is 3.60. The van der Waals surface area contributed by atoms with Crippen LogP contribution < -0.4 is 0 Å². The summed E-state index contributed by atoms with van der Waals surface area (Å²) in [6.07, 6.45) is 7.98. The van der Waals surface area contributed by atoms with Crippen LogP contribution in [0.3, 0.4) is 0 Å². The third kappa shape index (κ3) is 4.70. The number of ether oxygens (including phenoxy) is 1. The standard InChI is InChI=1S/C18H21ClN2O2/c1-3-4-9-17-20-12-15(10-11-18(22)23-2)21(17)13-14-7-5-6-8-16(14)19/h5-8,10-12H,3-4,9,13H2,1-2H3. The number of esters is 1. The molecule has 1 aromatic carbocycles. The number of methoxy groups -OCH3 is 1. The van der Waals surface area contributed by atoms with Crippen LogP contribution in [-0.4, -0.2) is 22.6 Å². The van der Waals surface area contributed by atoms with Crippen LogP contribution in [0.1, 0.15) is 36.8 Å². The number of rotatable bonds is 7. The molecule has 1 aromatic heterocycles. The Kier molecular flexibility index (Phi) is 6.41. The second-order valence-corrected chi connectivity index (χ2v) is 5.64. The van der Waals surface area contributed by atoms with E-state index in [1.165, 1.54) is 13.2 Å². The molecule has 0 bridgehead atoms. The fraction of sp³-hybridized carbons (Fsp3) is 0.333. The largest absolute Gasteiger partial charge is 0.466 e. The van der Waals surface area contributed by atoms with Crippen LogP contribution in [0.2, 0.25) is 5.02 Å². The van der Waals surface area contributed by atoms with E-state index >= 15 is 0 Å². The highest BCUT2D eigenvalue weighted by Crippen LogP contribution is 2.19. The van der Waals surface area contributed by atoms with Crippen LogP contribution in [0.15, 0.2) is 36.5 Å². The van der Waals surface area contributed by atoms with Gasteiger partial charge in [-0.05, 0) is 24.1 Å². The lowest BCUT2D eigenvalue weighted by atomic mass is 10.2. The summed E-state index contributed by atoms with van der Waals surface area (Å²) in [6, 6.07) is 7.76. The van der Waals surface area contributed by atoms with Crippen molar-refractivity contribution in [2.75, 3.05) is 7.11 Å². The molecule has 0 saturated carbocycles. The number of unbranched alkanes of at least 4 members (excludes halogenated alkanes) is 1. The Morgan fingerprint density at radius 1 is 1.39 bits per heavy atom. The van der Waals surface area contributed by atoms with E-state index < -0.39 is 0 Å². The minimum absolute atomic E-state index is 0.384. The van der Waals surface area contributed by atoms with Gasteiger partial charge in [0.25, 0.3) is 0 Å².